The normalized spacial score (nSPS) is 11.8. The van der Waals surface area contributed by atoms with Gasteiger partial charge in [0.25, 0.3) is 5.56 Å². The van der Waals surface area contributed by atoms with Crippen molar-refractivity contribution >= 4 is 34.3 Å². The summed E-state index contributed by atoms with van der Waals surface area (Å²) < 4.78 is 1.66. The largest absolute Gasteiger partial charge is 0.268 e. The van der Waals surface area contributed by atoms with Gasteiger partial charge in [-0.25, -0.2) is 4.98 Å². The zero-order valence-corrected chi connectivity index (χ0v) is 14.1. The molecule has 0 aliphatic rings. The Morgan fingerprint density at radius 2 is 1.87 bits per heavy atom. The van der Waals surface area contributed by atoms with Crippen LogP contribution in [0.5, 0.6) is 0 Å². The van der Waals surface area contributed by atoms with Crippen LogP contribution in [0.3, 0.4) is 0 Å². The molecular formula is C18H15ClN2OS. The molecule has 3 nitrogen and oxygen atoms in total. The first-order chi connectivity index (χ1) is 11.2. The molecule has 23 heavy (non-hydrogen) atoms. The molecule has 1 aromatic heterocycles. The van der Waals surface area contributed by atoms with Crippen molar-refractivity contribution in [3.8, 4) is 5.69 Å². The second-order valence-corrected chi connectivity index (χ2v) is 6.57. The quantitative estimate of drug-likeness (QED) is 0.512. The molecule has 5 heteroatoms. The van der Waals surface area contributed by atoms with E-state index in [-0.39, 0.29) is 5.56 Å². The van der Waals surface area contributed by atoms with Gasteiger partial charge in [0.1, 0.15) is 0 Å². The minimum atomic E-state index is -0.0594. The Morgan fingerprint density at radius 1 is 1.17 bits per heavy atom. The van der Waals surface area contributed by atoms with E-state index < -0.39 is 0 Å². The van der Waals surface area contributed by atoms with E-state index in [9.17, 15) is 4.79 Å². The Hall–Kier alpha value is -2.04. The summed E-state index contributed by atoms with van der Waals surface area (Å²) in [4.78, 5) is 17.6. The summed E-state index contributed by atoms with van der Waals surface area (Å²) in [7, 11) is 0. The minimum Gasteiger partial charge on any atom is -0.268 e. The van der Waals surface area contributed by atoms with E-state index in [4.69, 9.17) is 11.6 Å². The maximum atomic E-state index is 12.9. The molecule has 3 aromatic rings. The van der Waals surface area contributed by atoms with Gasteiger partial charge in [-0.05, 0) is 31.2 Å². The van der Waals surface area contributed by atoms with E-state index in [1.165, 1.54) is 11.8 Å². The number of para-hydroxylation sites is 2. The number of thioether (sulfide) groups is 1. The lowest BCUT2D eigenvalue weighted by atomic mass is 10.2. The van der Waals surface area contributed by atoms with E-state index in [1.807, 2.05) is 61.5 Å². The molecular weight excluding hydrogens is 328 g/mol. The smallest absolute Gasteiger partial charge is 0.266 e. The van der Waals surface area contributed by atoms with Crippen LogP contribution in [0.4, 0.5) is 0 Å². The first-order valence-electron chi connectivity index (χ1n) is 7.19. The fourth-order valence-electron chi connectivity index (χ4n) is 2.24. The van der Waals surface area contributed by atoms with Crippen molar-refractivity contribution in [1.82, 2.24) is 9.55 Å². The van der Waals surface area contributed by atoms with Crippen molar-refractivity contribution < 1.29 is 0 Å². The lowest BCUT2D eigenvalue weighted by molar-refractivity contribution is 0.821. The zero-order chi connectivity index (χ0) is 16.2. The highest BCUT2D eigenvalue weighted by Gasteiger charge is 2.12. The average molecular weight is 343 g/mol. The summed E-state index contributed by atoms with van der Waals surface area (Å²) >= 11 is 7.38. The SMILES string of the molecule is CC(Cl)=CCSc1nc2ccccc2c(=O)n1-c1ccccc1. The Balaban J connectivity index is 2.19. The third kappa shape index (κ3) is 3.49. The molecule has 0 spiro atoms. The third-order valence-corrected chi connectivity index (χ3v) is 4.36. The van der Waals surface area contributed by atoms with Gasteiger partial charge in [-0.1, -0.05) is 59.8 Å². The van der Waals surface area contributed by atoms with Gasteiger partial charge in [0.05, 0.1) is 16.6 Å². The highest BCUT2D eigenvalue weighted by atomic mass is 35.5. The van der Waals surface area contributed by atoms with Crippen LogP contribution < -0.4 is 5.56 Å². The van der Waals surface area contributed by atoms with Gasteiger partial charge in [-0.3, -0.25) is 9.36 Å². The van der Waals surface area contributed by atoms with Crippen LogP contribution in [-0.4, -0.2) is 15.3 Å². The van der Waals surface area contributed by atoms with Crippen LogP contribution in [0.2, 0.25) is 0 Å². The van der Waals surface area contributed by atoms with E-state index in [0.29, 0.717) is 21.8 Å². The molecule has 0 atom stereocenters. The summed E-state index contributed by atoms with van der Waals surface area (Å²) in [6, 6.07) is 17.0. The van der Waals surface area contributed by atoms with Crippen molar-refractivity contribution in [2.75, 3.05) is 5.75 Å². The van der Waals surface area contributed by atoms with E-state index in [0.717, 1.165) is 10.7 Å². The highest BCUT2D eigenvalue weighted by Crippen LogP contribution is 2.21. The highest BCUT2D eigenvalue weighted by molar-refractivity contribution is 7.99. The van der Waals surface area contributed by atoms with Gasteiger partial charge in [-0.2, -0.15) is 0 Å². The van der Waals surface area contributed by atoms with Crippen molar-refractivity contribution in [2.24, 2.45) is 0 Å². The van der Waals surface area contributed by atoms with E-state index in [1.54, 1.807) is 10.6 Å². The van der Waals surface area contributed by atoms with Gasteiger partial charge < -0.3 is 0 Å². The predicted octanol–water partition coefficient (Wildman–Crippen LogP) is 4.62. The fraction of sp³-hybridized carbons (Fsp3) is 0.111. The molecule has 116 valence electrons. The van der Waals surface area contributed by atoms with Crippen molar-refractivity contribution in [1.29, 1.82) is 0 Å². The number of benzene rings is 2. The topological polar surface area (TPSA) is 34.9 Å². The first-order valence-corrected chi connectivity index (χ1v) is 8.55. The number of fused-ring (bicyclic) bond motifs is 1. The lowest BCUT2D eigenvalue weighted by Crippen LogP contribution is -2.21. The molecule has 0 aliphatic heterocycles. The van der Waals surface area contributed by atoms with Crippen molar-refractivity contribution in [3.63, 3.8) is 0 Å². The van der Waals surface area contributed by atoms with Gasteiger partial charge in [0.15, 0.2) is 5.16 Å². The maximum absolute atomic E-state index is 12.9. The first kappa shape index (κ1) is 15.8. The van der Waals surface area contributed by atoms with Crippen LogP contribution in [-0.2, 0) is 0 Å². The Kier molecular flexibility index (Phi) is 4.84. The second kappa shape index (κ2) is 7.02. The van der Waals surface area contributed by atoms with Crippen molar-refractivity contribution in [2.45, 2.75) is 12.1 Å². The summed E-state index contributed by atoms with van der Waals surface area (Å²) in [5.74, 6) is 0.660. The van der Waals surface area contributed by atoms with E-state index >= 15 is 0 Å². The molecule has 0 amide bonds. The molecule has 0 aliphatic carbocycles. The molecule has 0 saturated carbocycles. The third-order valence-electron chi connectivity index (χ3n) is 3.34. The van der Waals surface area contributed by atoms with Crippen molar-refractivity contribution in [3.05, 3.63) is 76.1 Å². The number of aromatic nitrogens is 2. The van der Waals surface area contributed by atoms with Crippen LogP contribution in [0.15, 0.2) is 75.7 Å². The minimum absolute atomic E-state index is 0.0594. The van der Waals surface area contributed by atoms with Gasteiger partial charge in [-0.15, -0.1) is 0 Å². The molecule has 0 radical (unpaired) electrons. The predicted molar refractivity (Wildman–Crippen MR) is 97.7 cm³/mol. The number of allylic oxidation sites excluding steroid dienone is 1. The molecule has 1 heterocycles. The van der Waals surface area contributed by atoms with Gasteiger partial charge in [0.2, 0.25) is 0 Å². The van der Waals surface area contributed by atoms with Crippen LogP contribution >= 0.6 is 23.4 Å². The molecule has 3 rings (SSSR count). The van der Waals surface area contributed by atoms with Crippen LogP contribution in [0, 0.1) is 0 Å². The molecule has 0 bridgehead atoms. The number of nitrogens with zero attached hydrogens (tertiary/aromatic N) is 2. The number of halogens is 1. The monoisotopic (exact) mass is 342 g/mol. The maximum Gasteiger partial charge on any atom is 0.266 e. The standard InChI is InChI=1S/C18H15ClN2OS/c1-13(19)11-12-23-18-20-16-10-6-5-9-15(16)17(22)21(18)14-7-3-2-4-8-14/h2-11H,12H2,1H3. The zero-order valence-electron chi connectivity index (χ0n) is 12.6. The van der Waals surface area contributed by atoms with Crippen LogP contribution in [0.1, 0.15) is 6.92 Å². The summed E-state index contributed by atoms with van der Waals surface area (Å²) in [6.07, 6.45) is 1.91. The second-order valence-electron chi connectivity index (χ2n) is 4.99. The number of rotatable bonds is 4. The Morgan fingerprint density at radius 3 is 2.61 bits per heavy atom. The molecule has 0 unspecified atom stereocenters. The van der Waals surface area contributed by atoms with Crippen LogP contribution in [0.25, 0.3) is 16.6 Å². The molecule has 0 fully saturated rings. The number of hydrogen-bond acceptors (Lipinski definition) is 3. The average Bonchev–Trinajstić information content (AvgIpc) is 2.55. The number of hydrogen-bond donors (Lipinski definition) is 0. The van der Waals surface area contributed by atoms with E-state index in [2.05, 4.69) is 4.98 Å². The Bertz CT molecular complexity index is 915. The fourth-order valence-corrected chi connectivity index (χ4v) is 3.38. The lowest BCUT2D eigenvalue weighted by Gasteiger charge is -2.12. The summed E-state index contributed by atoms with van der Waals surface area (Å²) in [6.45, 7) is 1.83. The Labute approximate surface area is 143 Å². The molecule has 0 N–H and O–H groups in total. The molecule has 2 aromatic carbocycles. The summed E-state index contributed by atoms with van der Waals surface area (Å²) in [5, 5.41) is 2.01. The summed E-state index contributed by atoms with van der Waals surface area (Å²) in [5.41, 5.74) is 1.46. The van der Waals surface area contributed by atoms with Gasteiger partial charge >= 0.3 is 0 Å². The molecule has 0 saturated heterocycles. The van der Waals surface area contributed by atoms with Gasteiger partial charge in [0, 0.05) is 10.8 Å².